The van der Waals surface area contributed by atoms with Gasteiger partial charge in [-0.2, -0.15) is 0 Å². The number of hydrogen-bond acceptors (Lipinski definition) is 8. The monoisotopic (exact) mass is 567 g/mol. The first-order valence-corrected chi connectivity index (χ1v) is 13.6. The maximum Gasteiger partial charge on any atom is 0.412 e. The molecule has 1 aliphatic heterocycles. The molecular weight excluding hydrogens is 526 g/mol. The van der Waals surface area contributed by atoms with Gasteiger partial charge in [-0.1, -0.05) is 54.6 Å². The highest BCUT2D eigenvalue weighted by atomic mass is 35.5. The molecule has 2 rings (SSSR count). The number of nitrogens with one attached hydrogen (secondary N) is 2. The summed E-state index contributed by atoms with van der Waals surface area (Å²) in [4.78, 5) is 39.2. The average Bonchev–Trinajstić information content (AvgIpc) is 3.17. The summed E-state index contributed by atoms with van der Waals surface area (Å²) in [6.45, 7) is 13.6. The normalized spacial score (nSPS) is 18.1. The van der Waals surface area contributed by atoms with Gasteiger partial charge in [-0.3, -0.25) is 9.69 Å². The van der Waals surface area contributed by atoms with Crippen molar-refractivity contribution in [2.75, 3.05) is 26.3 Å². The minimum atomic E-state index is -0.885. The van der Waals surface area contributed by atoms with Crippen LogP contribution in [0.2, 0.25) is 0 Å². The third-order valence-electron chi connectivity index (χ3n) is 5.85. The van der Waals surface area contributed by atoms with Crippen LogP contribution in [0.5, 0.6) is 0 Å². The molecule has 1 aliphatic rings. The lowest BCUT2D eigenvalue weighted by molar-refractivity contribution is -0.145. The van der Waals surface area contributed by atoms with Crippen molar-refractivity contribution in [2.24, 2.45) is 0 Å². The quantitative estimate of drug-likeness (QED) is 0.114. The number of benzene rings is 1. The van der Waals surface area contributed by atoms with Gasteiger partial charge in [-0.05, 0) is 53.9 Å². The molecule has 0 spiro atoms. The van der Waals surface area contributed by atoms with E-state index in [1.165, 1.54) is 6.08 Å². The third-order valence-corrected chi connectivity index (χ3v) is 6.19. The maximum absolute atomic E-state index is 12.9. The van der Waals surface area contributed by atoms with Gasteiger partial charge in [-0.25, -0.2) is 9.59 Å². The largest absolute Gasteiger partial charge is 0.460 e. The van der Waals surface area contributed by atoms with Crippen molar-refractivity contribution in [1.82, 2.24) is 15.5 Å². The van der Waals surface area contributed by atoms with Crippen LogP contribution in [0.4, 0.5) is 9.59 Å². The Morgan fingerprint density at radius 1 is 1.23 bits per heavy atom. The number of alkyl carbamates (subject to hydrolysis) is 1. The van der Waals surface area contributed by atoms with E-state index in [0.29, 0.717) is 44.5 Å². The molecule has 10 nitrogen and oxygen atoms in total. The van der Waals surface area contributed by atoms with Gasteiger partial charge in [-0.15, -0.1) is 0 Å². The van der Waals surface area contributed by atoms with Gasteiger partial charge < -0.3 is 29.6 Å². The molecule has 39 heavy (non-hydrogen) atoms. The summed E-state index contributed by atoms with van der Waals surface area (Å²) in [5.74, 6) is -0.419. The number of carbonyl (C=O) groups excluding carboxylic acids is 3. The molecule has 2 amide bonds. The summed E-state index contributed by atoms with van der Waals surface area (Å²) in [5.41, 5.74) is -1.71. The summed E-state index contributed by atoms with van der Waals surface area (Å²) < 4.78 is 21.9. The summed E-state index contributed by atoms with van der Waals surface area (Å²) in [6.07, 6.45) is 2.08. The van der Waals surface area contributed by atoms with E-state index in [4.69, 9.17) is 30.5 Å². The second-order valence-electron chi connectivity index (χ2n) is 10.7. The SMILES string of the molecule is C=CCOC(=O)[C@H](CCCCNC(=O)OC(Cl)c1ccccc1)NC[C@H]1COC(C)(C)N1C(=O)OC(C)(C)C. The van der Waals surface area contributed by atoms with E-state index in [1.54, 1.807) is 51.7 Å². The van der Waals surface area contributed by atoms with Crippen LogP contribution in [-0.2, 0) is 23.7 Å². The molecule has 0 saturated carbocycles. The number of rotatable bonds is 13. The smallest absolute Gasteiger partial charge is 0.412 e. The fourth-order valence-corrected chi connectivity index (χ4v) is 4.24. The van der Waals surface area contributed by atoms with Crippen LogP contribution in [0.25, 0.3) is 0 Å². The molecular formula is C28H42ClN3O7. The van der Waals surface area contributed by atoms with Crippen molar-refractivity contribution < 1.29 is 33.3 Å². The van der Waals surface area contributed by atoms with Crippen LogP contribution < -0.4 is 10.6 Å². The Balaban J connectivity index is 1.86. The fourth-order valence-electron chi connectivity index (χ4n) is 4.01. The van der Waals surface area contributed by atoms with E-state index in [9.17, 15) is 14.4 Å². The summed E-state index contributed by atoms with van der Waals surface area (Å²) in [6, 6.07) is 8.06. The van der Waals surface area contributed by atoms with Crippen LogP contribution in [0.1, 0.15) is 65.0 Å². The Morgan fingerprint density at radius 3 is 2.56 bits per heavy atom. The zero-order valence-corrected chi connectivity index (χ0v) is 24.3. The molecule has 1 heterocycles. The van der Waals surface area contributed by atoms with Crippen molar-refractivity contribution in [2.45, 2.75) is 82.9 Å². The molecule has 1 aromatic rings. The third kappa shape index (κ3) is 11.1. The number of ether oxygens (including phenoxy) is 4. The molecule has 2 N–H and O–H groups in total. The van der Waals surface area contributed by atoms with Crippen molar-refractivity contribution in [3.63, 3.8) is 0 Å². The van der Waals surface area contributed by atoms with E-state index in [1.807, 2.05) is 18.2 Å². The van der Waals surface area contributed by atoms with Crippen molar-refractivity contribution in [1.29, 1.82) is 0 Å². The number of hydrogen-bond donors (Lipinski definition) is 2. The lowest BCUT2D eigenvalue weighted by atomic mass is 10.1. The second-order valence-corrected chi connectivity index (χ2v) is 11.1. The van der Waals surface area contributed by atoms with Crippen molar-refractivity contribution >= 4 is 29.8 Å². The fraction of sp³-hybridized carbons (Fsp3) is 0.607. The first kappa shape index (κ1) is 32.4. The van der Waals surface area contributed by atoms with Crippen LogP contribution in [0.3, 0.4) is 0 Å². The highest BCUT2D eigenvalue weighted by Gasteiger charge is 2.45. The van der Waals surface area contributed by atoms with Crippen LogP contribution >= 0.6 is 11.6 Å². The van der Waals surface area contributed by atoms with Gasteiger partial charge in [0, 0.05) is 18.7 Å². The van der Waals surface area contributed by atoms with Crippen molar-refractivity contribution in [3.05, 3.63) is 48.6 Å². The first-order chi connectivity index (χ1) is 18.3. The summed E-state index contributed by atoms with van der Waals surface area (Å²) >= 11 is 6.14. The molecule has 0 bridgehead atoms. The molecule has 218 valence electrons. The number of esters is 1. The second kappa shape index (κ2) is 15.1. The minimum Gasteiger partial charge on any atom is -0.460 e. The highest BCUT2D eigenvalue weighted by Crippen LogP contribution is 2.29. The van der Waals surface area contributed by atoms with E-state index >= 15 is 0 Å². The number of unbranched alkanes of at least 4 members (excludes halogenated alkanes) is 1. The Bertz CT molecular complexity index is 952. The number of nitrogens with zero attached hydrogens (tertiary/aromatic N) is 1. The number of carbonyl (C=O) groups is 3. The minimum absolute atomic E-state index is 0.0923. The van der Waals surface area contributed by atoms with Crippen LogP contribution in [0, 0.1) is 0 Å². The lowest BCUT2D eigenvalue weighted by Gasteiger charge is -2.35. The van der Waals surface area contributed by atoms with Gasteiger partial charge in [0.25, 0.3) is 0 Å². The Morgan fingerprint density at radius 2 is 1.92 bits per heavy atom. The lowest BCUT2D eigenvalue weighted by Crippen LogP contribution is -2.54. The average molecular weight is 568 g/mol. The number of amides is 2. The van der Waals surface area contributed by atoms with Gasteiger partial charge >= 0.3 is 18.2 Å². The number of alkyl halides is 1. The van der Waals surface area contributed by atoms with E-state index < -0.39 is 41.1 Å². The van der Waals surface area contributed by atoms with Crippen molar-refractivity contribution in [3.8, 4) is 0 Å². The van der Waals surface area contributed by atoms with Crippen LogP contribution in [0.15, 0.2) is 43.0 Å². The van der Waals surface area contributed by atoms with E-state index in [2.05, 4.69) is 17.2 Å². The molecule has 1 fully saturated rings. The maximum atomic E-state index is 12.9. The van der Waals surface area contributed by atoms with E-state index in [0.717, 1.165) is 0 Å². The number of halogens is 1. The molecule has 11 heteroatoms. The predicted octanol–water partition coefficient (Wildman–Crippen LogP) is 4.88. The molecule has 0 radical (unpaired) electrons. The summed E-state index contributed by atoms with van der Waals surface area (Å²) in [5, 5.41) is 5.91. The van der Waals surface area contributed by atoms with E-state index in [-0.39, 0.29) is 12.6 Å². The first-order valence-electron chi connectivity index (χ1n) is 13.1. The standard InChI is InChI=1S/C28H42ClN3O7/c1-7-17-36-24(33)22(15-11-12-16-30-25(34)38-23(29)20-13-9-8-10-14-20)31-18-21-19-37-28(5,6)32(21)26(35)39-27(2,3)4/h7-10,13-14,21-23,31H,1,11-12,15-19H2,2-6H3,(H,30,34)/t21-,22-,23?/m0/s1. The predicted molar refractivity (Wildman–Crippen MR) is 148 cm³/mol. The zero-order chi connectivity index (χ0) is 29.1. The molecule has 3 atom stereocenters. The van der Waals surface area contributed by atoms with Gasteiger partial charge in [0.15, 0.2) is 0 Å². The Labute approximate surface area is 236 Å². The molecule has 1 unspecified atom stereocenters. The Kier molecular flexibility index (Phi) is 12.5. The molecule has 1 aromatic carbocycles. The topological polar surface area (TPSA) is 115 Å². The van der Waals surface area contributed by atoms with Gasteiger partial charge in [0.2, 0.25) is 5.56 Å². The Hall–Kier alpha value is -2.82. The van der Waals surface area contributed by atoms with Crippen LogP contribution in [-0.4, -0.2) is 72.8 Å². The molecule has 0 aromatic heterocycles. The highest BCUT2D eigenvalue weighted by molar-refractivity contribution is 6.20. The zero-order valence-electron chi connectivity index (χ0n) is 23.5. The molecule has 0 aliphatic carbocycles. The molecule has 1 saturated heterocycles. The van der Waals surface area contributed by atoms with Gasteiger partial charge in [0.1, 0.15) is 24.0 Å². The summed E-state index contributed by atoms with van der Waals surface area (Å²) in [7, 11) is 0. The van der Waals surface area contributed by atoms with Gasteiger partial charge in [0.05, 0.1) is 12.6 Å².